The number of pyridine rings is 4. The van der Waals surface area contributed by atoms with Gasteiger partial charge in [-0.2, -0.15) is 0 Å². The molecule has 1 aliphatic heterocycles. The van der Waals surface area contributed by atoms with Crippen molar-refractivity contribution in [2.24, 2.45) is 5.73 Å². The molecule has 22 nitrogen and oxygen atoms in total. The Morgan fingerprint density at radius 1 is 0.561 bits per heavy atom. The molecule has 1 amide bonds. The highest BCUT2D eigenvalue weighted by atomic mass is 16.6. The molecule has 0 spiro atoms. The number of nitrogens with zero attached hydrogens (tertiary/aromatic N) is 7. The number of hydrogen-bond acceptors (Lipinski definition) is 19. The van der Waals surface area contributed by atoms with Gasteiger partial charge in [-0.05, 0) is 196 Å². The number of para-hydroxylation sites is 1. The largest absolute Gasteiger partial charge is 0.508 e. The Bertz CT molecular complexity index is 5430. The van der Waals surface area contributed by atoms with Crippen molar-refractivity contribution in [2.45, 2.75) is 70.6 Å². The SMILES string of the molecule is C=CCc1cc(N)ccc1OC.C=CCc1cc([N+](=O)[O-])ccc1OC.C=CCc1ccccc1O.CC=Cc1cc2ncccc2cc1OC.COc1cc2cccnc2cc1C(O)C(C)O.COc1cc2cccnc2cc1C=O.COc1cc2cccnc2cc1CCN1CCC(n2ccc3ccc(C(N)=O)cc32)CC1. The molecule has 8 aromatic carbocycles. The Kier molecular flexibility index (Phi) is 33.3. The fraction of sp³-hybridized carbons (Fsp3) is 0.217. The van der Waals surface area contributed by atoms with E-state index in [2.05, 4.69) is 79.6 Å². The number of phenols is 1. The van der Waals surface area contributed by atoms with Crippen LogP contribution in [0.2, 0.25) is 0 Å². The summed E-state index contributed by atoms with van der Waals surface area (Å²) in [5.41, 5.74) is 23.3. The molecular formula is C92H99N9O13. The van der Waals surface area contributed by atoms with E-state index >= 15 is 0 Å². The first-order chi connectivity index (χ1) is 55.2. The number of benzene rings is 8. The molecule has 1 fully saturated rings. The fourth-order valence-electron chi connectivity index (χ4n) is 12.8. The van der Waals surface area contributed by atoms with Crippen LogP contribution in [0.5, 0.6) is 40.2 Å². The van der Waals surface area contributed by atoms with Gasteiger partial charge in [-0.1, -0.05) is 78.9 Å². The highest BCUT2D eigenvalue weighted by molar-refractivity contribution is 5.97. The number of anilines is 1. The maximum absolute atomic E-state index is 11.6. The monoisotopic (exact) mass is 1540 g/mol. The second kappa shape index (κ2) is 43.9. The zero-order valence-corrected chi connectivity index (χ0v) is 65.6. The van der Waals surface area contributed by atoms with Gasteiger partial charge in [0.25, 0.3) is 5.69 Å². The van der Waals surface area contributed by atoms with Crippen LogP contribution in [-0.2, 0) is 25.7 Å². The number of non-ortho nitro benzene ring substituents is 1. The van der Waals surface area contributed by atoms with Crippen LogP contribution in [0.1, 0.15) is 92.9 Å². The highest BCUT2D eigenvalue weighted by Crippen LogP contribution is 2.34. The summed E-state index contributed by atoms with van der Waals surface area (Å²) in [6, 6.07) is 56.5. The number of carbonyl (C=O) groups is 2. The number of piperidine rings is 1. The second-order valence-corrected chi connectivity index (χ2v) is 26.1. The minimum Gasteiger partial charge on any atom is -0.508 e. The molecule has 0 radical (unpaired) electrons. The van der Waals surface area contributed by atoms with E-state index in [9.17, 15) is 35.0 Å². The molecule has 590 valence electrons. The number of aldehydes is 1. The number of nitro groups is 1. The van der Waals surface area contributed by atoms with E-state index in [4.69, 9.17) is 39.9 Å². The van der Waals surface area contributed by atoms with Crippen molar-refractivity contribution >= 4 is 84.2 Å². The lowest BCUT2D eigenvalue weighted by atomic mass is 10.0. The van der Waals surface area contributed by atoms with Crippen LogP contribution in [0.4, 0.5) is 11.4 Å². The average molecular weight is 1540 g/mol. The van der Waals surface area contributed by atoms with Crippen molar-refractivity contribution in [1.29, 1.82) is 0 Å². The number of aliphatic hydroxyl groups excluding tert-OH is 2. The number of ether oxygens (including phenoxy) is 6. The number of methoxy groups -OCH3 is 6. The van der Waals surface area contributed by atoms with Gasteiger partial charge < -0.3 is 64.7 Å². The number of allylic oxidation sites excluding steroid dienone is 4. The van der Waals surface area contributed by atoms with Crippen molar-refractivity contribution in [3.8, 4) is 40.2 Å². The molecule has 0 bridgehead atoms. The lowest BCUT2D eigenvalue weighted by Gasteiger charge is -2.33. The lowest BCUT2D eigenvalue weighted by Crippen LogP contribution is -2.35. The number of nitro benzene ring substituents is 1. The number of amides is 1. The molecule has 22 heteroatoms. The minimum absolute atomic E-state index is 0.0719. The molecule has 13 aromatic rings. The number of fused-ring (bicyclic) bond motifs is 5. The number of rotatable bonds is 22. The Balaban J connectivity index is 0.000000173. The van der Waals surface area contributed by atoms with Gasteiger partial charge in [0, 0.05) is 124 Å². The highest BCUT2D eigenvalue weighted by Gasteiger charge is 2.23. The van der Waals surface area contributed by atoms with Gasteiger partial charge in [0.05, 0.1) is 81.3 Å². The predicted molar refractivity (Wildman–Crippen MR) is 456 cm³/mol. The minimum atomic E-state index is -0.976. The van der Waals surface area contributed by atoms with Crippen LogP contribution in [0.3, 0.4) is 0 Å². The topological polar surface area (TPSA) is 305 Å². The summed E-state index contributed by atoms with van der Waals surface area (Å²) in [6.45, 7) is 17.5. The molecule has 7 N–H and O–H groups in total. The van der Waals surface area contributed by atoms with Crippen molar-refractivity contribution in [2.75, 3.05) is 68.0 Å². The predicted octanol–water partition coefficient (Wildman–Crippen LogP) is 17.6. The Morgan fingerprint density at radius 2 is 1.05 bits per heavy atom. The summed E-state index contributed by atoms with van der Waals surface area (Å²) in [5, 5.41) is 44.3. The van der Waals surface area contributed by atoms with Gasteiger partial charge in [0.15, 0.2) is 6.29 Å². The van der Waals surface area contributed by atoms with Crippen LogP contribution in [0, 0.1) is 10.1 Å². The molecule has 14 rings (SSSR count). The Hall–Kier alpha value is -13.3. The molecule has 0 aliphatic carbocycles. The van der Waals surface area contributed by atoms with Crippen LogP contribution in [-0.4, -0.2) is 130 Å². The number of hydrogen-bond donors (Lipinski definition) is 5. The third-order valence-electron chi connectivity index (χ3n) is 18.6. The van der Waals surface area contributed by atoms with E-state index in [-0.39, 0.29) is 11.6 Å². The van der Waals surface area contributed by atoms with E-state index in [1.807, 2.05) is 147 Å². The van der Waals surface area contributed by atoms with Gasteiger partial charge in [0.1, 0.15) is 46.4 Å². The van der Waals surface area contributed by atoms with Crippen molar-refractivity contribution < 1.29 is 58.3 Å². The van der Waals surface area contributed by atoms with Crippen molar-refractivity contribution in [3.05, 3.63) is 312 Å². The maximum atomic E-state index is 11.6. The second-order valence-electron chi connectivity index (χ2n) is 26.1. The first-order valence-electron chi connectivity index (χ1n) is 36.9. The van der Waals surface area contributed by atoms with E-state index in [1.54, 1.807) is 89.5 Å². The smallest absolute Gasteiger partial charge is 0.269 e. The first-order valence-corrected chi connectivity index (χ1v) is 36.9. The van der Waals surface area contributed by atoms with Crippen molar-refractivity contribution in [3.63, 3.8) is 0 Å². The zero-order valence-electron chi connectivity index (χ0n) is 65.6. The van der Waals surface area contributed by atoms with Crippen LogP contribution in [0.25, 0.3) is 60.6 Å². The lowest BCUT2D eigenvalue weighted by molar-refractivity contribution is -0.384. The molecule has 1 aliphatic rings. The van der Waals surface area contributed by atoms with E-state index in [0.29, 0.717) is 52.2 Å². The third kappa shape index (κ3) is 23.9. The number of aromatic hydroxyl groups is 1. The van der Waals surface area contributed by atoms with Crippen LogP contribution >= 0.6 is 0 Å². The summed E-state index contributed by atoms with van der Waals surface area (Å²) in [6.07, 6.45) is 22.6. The maximum Gasteiger partial charge on any atom is 0.269 e. The van der Waals surface area contributed by atoms with Gasteiger partial charge in [-0.15, -0.1) is 19.7 Å². The Morgan fingerprint density at radius 3 is 1.56 bits per heavy atom. The standard InChI is InChI=1S/C26H28N4O2.C13H15NO3.C13H13NO.C11H9NO2.C10H11NO3.C10H13NO.C9H10O/c1-32-25-17-19-3-2-10-28-23(19)15-20(25)6-11-29-12-8-22(9-13-29)30-14-7-18-4-5-21(26(27)31)16-24(18)30;1-8(15)13(16)10-7-11-9(4-3-5-14-11)6-12(10)17-2;1-3-5-11-8-12-10(6-4-7-14-12)9-13(11)15-2;1-14-11-6-8-3-2-4-12-10(8)5-9(11)7-13;1-3-4-8-7-9(11(12)13)5-6-10(8)14-2;1-3-4-8-7-9(11)5-6-10(8)12-2;1-2-5-8-6-3-4-7-9(8)10/h2-5,7,10,14-17,22H,6,8-9,11-13H2,1H3,(H2,27,31);3-8,13,15-16H,1-2H3;3-9H,1-2H3;2-7H,1H3;3,5-7H,1,4H2,2H3;3,5-7H,1,4,11H2,2H3;2-4,6-7,10H,1,5H2. The summed E-state index contributed by atoms with van der Waals surface area (Å²) in [4.78, 5) is 52.1. The summed E-state index contributed by atoms with van der Waals surface area (Å²) >= 11 is 0. The van der Waals surface area contributed by atoms with Crippen LogP contribution in [0.15, 0.2) is 257 Å². The molecule has 0 saturated carbocycles. The normalized spacial score (nSPS) is 12.2. The van der Waals surface area contributed by atoms with Gasteiger partial charge in [-0.25, -0.2) is 0 Å². The number of carbonyl (C=O) groups excluding carboxylic acids is 2. The Labute approximate surface area is 664 Å². The fourth-order valence-corrected chi connectivity index (χ4v) is 12.8. The van der Waals surface area contributed by atoms with Gasteiger partial charge in [-0.3, -0.25) is 39.6 Å². The quantitative estimate of drug-likeness (QED) is 0.0138. The number of aliphatic hydroxyl groups is 2. The first kappa shape index (κ1) is 86.3. The summed E-state index contributed by atoms with van der Waals surface area (Å²) in [5.74, 6) is 4.44. The van der Waals surface area contributed by atoms with Gasteiger partial charge in [0.2, 0.25) is 5.91 Å². The van der Waals surface area contributed by atoms with E-state index < -0.39 is 17.1 Å². The number of phenolic OH excluding ortho intramolecular Hbond substituents is 1. The summed E-state index contributed by atoms with van der Waals surface area (Å²) < 4.78 is 33.8. The number of primary amides is 1. The van der Waals surface area contributed by atoms with Crippen molar-refractivity contribution in [1.82, 2.24) is 29.4 Å². The molecule has 2 atom stereocenters. The molecule has 6 heterocycles. The summed E-state index contributed by atoms with van der Waals surface area (Å²) in [7, 11) is 9.69. The number of nitrogen functional groups attached to an aromatic ring is 1. The molecule has 2 unspecified atom stereocenters. The molecule has 5 aromatic heterocycles. The zero-order chi connectivity index (χ0) is 82.1. The van der Waals surface area contributed by atoms with E-state index in [1.165, 1.54) is 38.8 Å². The average Bonchev–Trinajstić information content (AvgIpc) is 1.55. The van der Waals surface area contributed by atoms with Gasteiger partial charge >= 0.3 is 0 Å². The molecule has 114 heavy (non-hydrogen) atoms. The third-order valence-corrected chi connectivity index (χ3v) is 18.6. The molecule has 1 saturated heterocycles. The van der Waals surface area contributed by atoms with Crippen LogP contribution < -0.4 is 39.9 Å². The molecular weight excluding hydrogens is 1440 g/mol. The number of nitrogens with two attached hydrogens (primary N) is 2. The number of aromatic nitrogens is 5. The number of likely N-dealkylation sites (tertiary alicyclic amines) is 1. The van der Waals surface area contributed by atoms with E-state index in [0.717, 1.165) is 158 Å².